The maximum Gasteiger partial charge on any atom is 0.264 e. The first kappa shape index (κ1) is 20.5. The summed E-state index contributed by atoms with van der Waals surface area (Å²) in [5, 5.41) is 0.635. The number of benzene rings is 3. The van der Waals surface area contributed by atoms with E-state index in [2.05, 4.69) is 0 Å². The normalized spacial score (nSPS) is 11.3. The van der Waals surface area contributed by atoms with Gasteiger partial charge in [0.1, 0.15) is 11.6 Å². The van der Waals surface area contributed by atoms with Crippen molar-refractivity contribution in [2.24, 2.45) is 0 Å². The third-order valence-electron chi connectivity index (χ3n) is 4.08. The Bertz CT molecular complexity index is 1090. The summed E-state index contributed by atoms with van der Waals surface area (Å²) in [4.78, 5) is 0.0108. The number of ether oxygens (including phenoxy) is 1. The number of anilines is 1. The summed E-state index contributed by atoms with van der Waals surface area (Å²) in [6.07, 6.45) is 0. The molecule has 0 atom stereocenters. The molecule has 0 aliphatic heterocycles. The van der Waals surface area contributed by atoms with Crippen molar-refractivity contribution in [3.63, 3.8) is 0 Å². The lowest BCUT2D eigenvalue weighted by atomic mass is 10.2. The molecule has 3 aromatic carbocycles. The highest BCUT2D eigenvalue weighted by molar-refractivity contribution is 7.92. The molecule has 0 bridgehead atoms. The van der Waals surface area contributed by atoms with E-state index in [1.807, 2.05) is 0 Å². The summed E-state index contributed by atoms with van der Waals surface area (Å²) in [7, 11) is -2.58. The molecule has 28 heavy (non-hydrogen) atoms. The van der Waals surface area contributed by atoms with Crippen LogP contribution >= 0.6 is 23.2 Å². The fourth-order valence-electron chi connectivity index (χ4n) is 2.63. The molecule has 0 fully saturated rings. The molecule has 8 heteroatoms. The molecule has 4 nitrogen and oxygen atoms in total. The van der Waals surface area contributed by atoms with E-state index in [4.69, 9.17) is 27.9 Å². The molecule has 0 aliphatic rings. The van der Waals surface area contributed by atoms with E-state index in [-0.39, 0.29) is 22.2 Å². The average molecular weight is 440 g/mol. The van der Waals surface area contributed by atoms with Crippen LogP contribution in [0, 0.1) is 5.82 Å². The van der Waals surface area contributed by atoms with Crippen LogP contribution in [0.1, 0.15) is 5.56 Å². The van der Waals surface area contributed by atoms with Crippen LogP contribution in [0.25, 0.3) is 0 Å². The lowest BCUT2D eigenvalue weighted by Gasteiger charge is -2.25. The van der Waals surface area contributed by atoms with E-state index in [9.17, 15) is 12.8 Å². The SMILES string of the molecule is COc1ccc(S(=O)(=O)N(Cc2ccc(Cl)c(Cl)c2)c2ccccc2F)cc1. The van der Waals surface area contributed by atoms with Crippen molar-refractivity contribution in [3.05, 3.63) is 88.2 Å². The van der Waals surface area contributed by atoms with Crippen LogP contribution in [-0.2, 0) is 16.6 Å². The zero-order valence-electron chi connectivity index (χ0n) is 14.8. The second-order valence-corrected chi connectivity index (χ2v) is 8.56. The molecule has 0 N–H and O–H groups in total. The minimum absolute atomic E-state index is 0.0108. The van der Waals surface area contributed by atoms with E-state index in [0.717, 1.165) is 4.31 Å². The van der Waals surface area contributed by atoms with Crippen molar-refractivity contribution in [3.8, 4) is 5.75 Å². The molecule has 0 heterocycles. The molecule has 0 aromatic heterocycles. The lowest BCUT2D eigenvalue weighted by molar-refractivity contribution is 0.414. The van der Waals surface area contributed by atoms with Gasteiger partial charge in [0, 0.05) is 0 Å². The van der Waals surface area contributed by atoms with Gasteiger partial charge in [0.2, 0.25) is 0 Å². The Labute approximate surface area is 173 Å². The summed E-state index contributed by atoms with van der Waals surface area (Å²) >= 11 is 12.0. The van der Waals surface area contributed by atoms with Crippen molar-refractivity contribution >= 4 is 38.9 Å². The second-order valence-electron chi connectivity index (χ2n) is 5.89. The van der Waals surface area contributed by atoms with Crippen molar-refractivity contribution < 1.29 is 17.5 Å². The number of hydrogen-bond acceptors (Lipinski definition) is 3. The van der Waals surface area contributed by atoms with Gasteiger partial charge < -0.3 is 4.74 Å². The first-order valence-electron chi connectivity index (χ1n) is 8.18. The van der Waals surface area contributed by atoms with Gasteiger partial charge in [0.05, 0.1) is 34.3 Å². The second kappa shape index (κ2) is 8.39. The van der Waals surface area contributed by atoms with Gasteiger partial charge in [-0.05, 0) is 54.1 Å². The smallest absolute Gasteiger partial charge is 0.264 e. The molecule has 3 aromatic rings. The highest BCUT2D eigenvalue weighted by atomic mass is 35.5. The number of hydrogen-bond donors (Lipinski definition) is 0. The first-order chi connectivity index (χ1) is 13.3. The molecule has 0 saturated carbocycles. The van der Waals surface area contributed by atoms with Gasteiger partial charge >= 0.3 is 0 Å². The van der Waals surface area contributed by atoms with Crippen LogP contribution in [0.2, 0.25) is 10.0 Å². The van der Waals surface area contributed by atoms with Crippen LogP contribution in [-0.4, -0.2) is 15.5 Å². The maximum atomic E-state index is 14.5. The van der Waals surface area contributed by atoms with Crippen molar-refractivity contribution in [2.45, 2.75) is 11.4 Å². The van der Waals surface area contributed by atoms with Gasteiger partial charge in [-0.25, -0.2) is 12.8 Å². The zero-order chi connectivity index (χ0) is 20.3. The van der Waals surface area contributed by atoms with Gasteiger partial charge in [-0.2, -0.15) is 0 Å². The lowest BCUT2D eigenvalue weighted by Crippen LogP contribution is -2.31. The highest BCUT2D eigenvalue weighted by Crippen LogP contribution is 2.30. The largest absolute Gasteiger partial charge is 0.497 e. The highest BCUT2D eigenvalue weighted by Gasteiger charge is 2.27. The number of methoxy groups -OCH3 is 1. The van der Waals surface area contributed by atoms with Gasteiger partial charge in [0.25, 0.3) is 10.0 Å². The molecule has 146 valence electrons. The zero-order valence-corrected chi connectivity index (χ0v) is 17.1. The monoisotopic (exact) mass is 439 g/mol. The molecule has 0 amide bonds. The standard InChI is InChI=1S/C20H16Cl2FNO3S/c1-27-15-7-9-16(10-8-15)28(25,26)24(20-5-3-2-4-19(20)23)13-14-6-11-17(21)18(22)12-14/h2-12H,13H2,1H3. The van der Waals surface area contributed by atoms with E-state index < -0.39 is 15.8 Å². The summed E-state index contributed by atoms with van der Waals surface area (Å²) in [6, 6.07) is 16.4. The van der Waals surface area contributed by atoms with Crippen molar-refractivity contribution in [2.75, 3.05) is 11.4 Å². The van der Waals surface area contributed by atoms with Gasteiger partial charge in [0.15, 0.2) is 0 Å². The topological polar surface area (TPSA) is 46.6 Å². The first-order valence-corrected chi connectivity index (χ1v) is 10.4. The van der Waals surface area contributed by atoms with E-state index >= 15 is 0 Å². The summed E-state index contributed by atoms with van der Waals surface area (Å²) in [5.41, 5.74) is 0.499. The van der Waals surface area contributed by atoms with Crippen molar-refractivity contribution in [1.29, 1.82) is 0 Å². The molecule has 0 spiro atoms. The molecule has 0 aliphatic carbocycles. The number of sulfonamides is 1. The Morgan fingerprint density at radius 2 is 1.64 bits per heavy atom. The quantitative estimate of drug-likeness (QED) is 0.506. The molecule has 3 rings (SSSR count). The minimum Gasteiger partial charge on any atom is -0.497 e. The Morgan fingerprint density at radius 1 is 0.964 bits per heavy atom. The third-order valence-corrected chi connectivity index (χ3v) is 6.59. The van der Waals surface area contributed by atoms with Crippen LogP contribution < -0.4 is 9.04 Å². The van der Waals surface area contributed by atoms with Gasteiger partial charge in [-0.1, -0.05) is 41.4 Å². The molecule has 0 unspecified atom stereocenters. The predicted octanol–water partition coefficient (Wildman–Crippen LogP) is 5.54. The van der Waals surface area contributed by atoms with E-state index in [1.54, 1.807) is 24.3 Å². The molecule has 0 radical (unpaired) electrons. The van der Waals surface area contributed by atoms with E-state index in [0.29, 0.717) is 16.3 Å². The molecule has 0 saturated heterocycles. The van der Waals surface area contributed by atoms with Gasteiger partial charge in [-0.3, -0.25) is 4.31 Å². The van der Waals surface area contributed by atoms with Crippen molar-refractivity contribution in [1.82, 2.24) is 0 Å². The Kier molecular flexibility index (Phi) is 6.13. The average Bonchev–Trinajstić information content (AvgIpc) is 2.69. The third kappa shape index (κ3) is 4.24. The van der Waals surface area contributed by atoms with Crippen LogP contribution in [0.15, 0.2) is 71.6 Å². The van der Waals surface area contributed by atoms with Crippen LogP contribution in [0.3, 0.4) is 0 Å². The Hall–Kier alpha value is -2.28. The summed E-state index contributed by atoms with van der Waals surface area (Å²) < 4.78 is 47.2. The Morgan fingerprint density at radius 3 is 2.25 bits per heavy atom. The van der Waals surface area contributed by atoms with Crippen LogP contribution in [0.5, 0.6) is 5.75 Å². The van der Waals surface area contributed by atoms with Gasteiger partial charge in [-0.15, -0.1) is 0 Å². The number of halogens is 3. The summed E-state index contributed by atoms with van der Waals surface area (Å²) in [5.74, 6) is -0.138. The van der Waals surface area contributed by atoms with Crippen LogP contribution in [0.4, 0.5) is 10.1 Å². The number of nitrogens with zero attached hydrogens (tertiary/aromatic N) is 1. The number of rotatable bonds is 6. The molecular weight excluding hydrogens is 424 g/mol. The Balaban J connectivity index is 2.09. The number of para-hydroxylation sites is 1. The fourth-order valence-corrected chi connectivity index (χ4v) is 4.41. The molecular formula is C20H16Cl2FNO3S. The maximum absolute atomic E-state index is 14.5. The summed E-state index contributed by atoms with van der Waals surface area (Å²) in [6.45, 7) is -0.119. The van der Waals surface area contributed by atoms with E-state index in [1.165, 1.54) is 49.6 Å². The minimum atomic E-state index is -4.06. The predicted molar refractivity (Wildman–Crippen MR) is 109 cm³/mol. The fraction of sp³-hybridized carbons (Fsp3) is 0.100.